The highest BCUT2D eigenvalue weighted by molar-refractivity contribution is 5.94. The monoisotopic (exact) mass is 189 g/mol. The van der Waals surface area contributed by atoms with E-state index in [9.17, 15) is 4.79 Å². The Morgan fingerprint density at radius 3 is 2.50 bits per heavy atom. The van der Waals surface area contributed by atoms with Crippen LogP contribution in [0.15, 0.2) is 24.3 Å². The van der Waals surface area contributed by atoms with Crippen LogP contribution in [0.3, 0.4) is 0 Å². The third kappa shape index (κ3) is 2.87. The number of rotatable bonds is 1. The first-order valence-corrected chi connectivity index (χ1v) is 4.56. The summed E-state index contributed by atoms with van der Waals surface area (Å²) in [6.07, 6.45) is 0. The second-order valence-corrected chi connectivity index (χ2v) is 4.33. The highest BCUT2D eigenvalue weighted by Gasteiger charge is 2.20. The summed E-state index contributed by atoms with van der Waals surface area (Å²) in [7, 11) is 0. The topological polar surface area (TPSA) is 29.1 Å². The number of carbonyl (C=O) groups is 1. The van der Waals surface area contributed by atoms with Crippen LogP contribution < -0.4 is 5.32 Å². The molecule has 2 radical (unpaired) electrons. The molecule has 0 saturated carbocycles. The van der Waals surface area contributed by atoms with Gasteiger partial charge >= 0.3 is 0 Å². The van der Waals surface area contributed by atoms with Crippen LogP contribution in [0.4, 0.5) is 5.69 Å². The molecule has 0 unspecified atom stereocenters. The molecule has 1 rings (SSSR count). The Morgan fingerprint density at radius 1 is 1.36 bits per heavy atom. The van der Waals surface area contributed by atoms with Crippen molar-refractivity contribution >= 4 is 11.6 Å². The molecule has 0 aliphatic heterocycles. The fourth-order valence-corrected chi connectivity index (χ4v) is 0.935. The highest BCUT2D eigenvalue weighted by Crippen LogP contribution is 2.17. The fourth-order valence-electron chi connectivity index (χ4n) is 0.935. The minimum absolute atomic E-state index is 0.0110. The minimum atomic E-state index is -0.384. The lowest BCUT2D eigenvalue weighted by molar-refractivity contribution is -0.123. The third-order valence-corrected chi connectivity index (χ3v) is 1.83. The van der Waals surface area contributed by atoms with Crippen molar-refractivity contribution in [1.29, 1.82) is 0 Å². The molecule has 2 heteroatoms. The van der Waals surface area contributed by atoms with E-state index in [2.05, 4.69) is 5.32 Å². The number of hydrogen-bond acceptors (Lipinski definition) is 1. The van der Waals surface area contributed by atoms with Gasteiger partial charge in [0.15, 0.2) is 0 Å². The van der Waals surface area contributed by atoms with Gasteiger partial charge < -0.3 is 5.32 Å². The third-order valence-electron chi connectivity index (χ3n) is 1.83. The van der Waals surface area contributed by atoms with E-state index in [1.807, 2.05) is 32.9 Å². The molecule has 0 aromatic heterocycles. The van der Waals surface area contributed by atoms with Gasteiger partial charge in [-0.3, -0.25) is 4.79 Å². The summed E-state index contributed by atoms with van der Waals surface area (Å²) < 4.78 is 0. The predicted octanol–water partition coefficient (Wildman–Crippen LogP) is 2.73. The molecule has 2 nitrogen and oxygen atoms in total. The number of amides is 1. The zero-order valence-electron chi connectivity index (χ0n) is 8.79. The Labute approximate surface area is 85.3 Å². The lowest BCUT2D eigenvalue weighted by atomic mass is 9.95. The van der Waals surface area contributed by atoms with Gasteiger partial charge in [-0.15, -0.1) is 0 Å². The zero-order chi connectivity index (χ0) is 10.8. The number of nitrogens with one attached hydrogen (secondary N) is 1. The fraction of sp³-hybridized carbons (Fsp3) is 0.333. The van der Waals surface area contributed by atoms with Gasteiger partial charge in [-0.2, -0.15) is 0 Å². The maximum Gasteiger partial charge on any atom is 0.229 e. The Kier molecular flexibility index (Phi) is 2.94. The van der Waals surface area contributed by atoms with Gasteiger partial charge in [-0.25, -0.2) is 0 Å². The van der Waals surface area contributed by atoms with Crippen LogP contribution in [0.2, 0.25) is 0 Å². The van der Waals surface area contributed by atoms with Crippen molar-refractivity contribution in [2.45, 2.75) is 20.8 Å². The lowest BCUT2D eigenvalue weighted by Crippen LogP contribution is -2.27. The smallest absolute Gasteiger partial charge is 0.229 e. The van der Waals surface area contributed by atoms with Gasteiger partial charge in [-0.1, -0.05) is 32.9 Å². The van der Waals surface area contributed by atoms with E-state index in [0.29, 0.717) is 5.56 Å². The van der Waals surface area contributed by atoms with Crippen molar-refractivity contribution < 1.29 is 4.79 Å². The highest BCUT2D eigenvalue weighted by atomic mass is 16.2. The summed E-state index contributed by atoms with van der Waals surface area (Å²) in [5.41, 5.74) is 1.01. The summed E-state index contributed by atoms with van der Waals surface area (Å²) in [6, 6.07) is 7.16. The van der Waals surface area contributed by atoms with Gasteiger partial charge in [0, 0.05) is 11.1 Å². The van der Waals surface area contributed by atoms with Gasteiger partial charge in [0.05, 0.1) is 0 Å². The van der Waals surface area contributed by atoms with Crippen LogP contribution in [0, 0.1) is 12.3 Å². The van der Waals surface area contributed by atoms with E-state index in [4.69, 9.17) is 6.92 Å². The second kappa shape index (κ2) is 3.82. The summed E-state index contributed by atoms with van der Waals surface area (Å²) in [5.74, 6) is -0.0110. The Bertz CT molecular complexity index is 336. The standard InChI is InChI=1S/C12H15NO/c1-9-6-5-7-10(8-9)13-11(14)12(2,3)4/h1,5-8H,2-4H3,(H,13,14). The Hall–Kier alpha value is -1.31. The molecule has 0 heterocycles. The molecule has 0 aliphatic carbocycles. The maximum absolute atomic E-state index is 11.6. The molecule has 0 fully saturated rings. The first kappa shape index (κ1) is 10.8. The van der Waals surface area contributed by atoms with Gasteiger partial charge in [0.2, 0.25) is 5.91 Å². The molecule has 0 bridgehead atoms. The molecule has 1 amide bonds. The van der Waals surface area contributed by atoms with Crippen molar-refractivity contribution in [3.05, 3.63) is 36.8 Å². The molecule has 0 atom stereocenters. The summed E-state index contributed by atoms with van der Waals surface area (Å²) in [4.78, 5) is 11.6. The quantitative estimate of drug-likeness (QED) is 0.723. The van der Waals surface area contributed by atoms with Gasteiger partial charge in [0.25, 0.3) is 0 Å². The van der Waals surface area contributed by atoms with E-state index >= 15 is 0 Å². The van der Waals surface area contributed by atoms with E-state index in [1.54, 1.807) is 12.1 Å². The van der Waals surface area contributed by atoms with E-state index in [1.165, 1.54) is 0 Å². The van der Waals surface area contributed by atoms with Crippen LogP contribution in [-0.2, 0) is 4.79 Å². The Morgan fingerprint density at radius 2 is 2.00 bits per heavy atom. The van der Waals surface area contributed by atoms with Crippen LogP contribution in [0.5, 0.6) is 0 Å². The van der Waals surface area contributed by atoms with E-state index in [0.717, 1.165) is 5.69 Å². The van der Waals surface area contributed by atoms with Crippen LogP contribution in [0.1, 0.15) is 26.3 Å². The largest absolute Gasteiger partial charge is 0.326 e. The van der Waals surface area contributed by atoms with Crippen LogP contribution in [0.25, 0.3) is 0 Å². The summed E-state index contributed by atoms with van der Waals surface area (Å²) in [6.45, 7) is 11.2. The number of anilines is 1. The average molecular weight is 189 g/mol. The zero-order valence-corrected chi connectivity index (χ0v) is 8.79. The van der Waals surface area contributed by atoms with Crippen LogP contribution >= 0.6 is 0 Å². The average Bonchev–Trinajstić information content (AvgIpc) is 2.02. The van der Waals surface area contributed by atoms with Crippen molar-refractivity contribution in [1.82, 2.24) is 0 Å². The first-order chi connectivity index (χ1) is 6.39. The SMILES string of the molecule is [CH]c1cccc(NC(=O)C(C)(C)C)c1. The summed E-state index contributed by atoms with van der Waals surface area (Å²) >= 11 is 0. The van der Waals surface area contributed by atoms with Crippen molar-refractivity contribution in [2.24, 2.45) is 5.41 Å². The number of hydrogen-bond donors (Lipinski definition) is 1. The molecule has 0 spiro atoms. The molecule has 1 aromatic rings. The molecule has 0 saturated heterocycles. The first-order valence-electron chi connectivity index (χ1n) is 4.56. The maximum atomic E-state index is 11.6. The molecular formula is C12H15NO. The second-order valence-electron chi connectivity index (χ2n) is 4.33. The minimum Gasteiger partial charge on any atom is -0.326 e. The number of carbonyl (C=O) groups excluding carboxylic acids is 1. The van der Waals surface area contributed by atoms with Crippen LogP contribution in [-0.4, -0.2) is 5.91 Å². The molecule has 0 aliphatic rings. The summed E-state index contributed by atoms with van der Waals surface area (Å²) in [5, 5.41) is 2.80. The lowest BCUT2D eigenvalue weighted by Gasteiger charge is -2.17. The van der Waals surface area contributed by atoms with E-state index < -0.39 is 0 Å². The van der Waals surface area contributed by atoms with E-state index in [-0.39, 0.29) is 11.3 Å². The predicted molar refractivity (Wildman–Crippen MR) is 57.9 cm³/mol. The molecule has 74 valence electrons. The molecule has 14 heavy (non-hydrogen) atoms. The normalized spacial score (nSPS) is 11.1. The van der Waals surface area contributed by atoms with Crippen molar-refractivity contribution in [3.63, 3.8) is 0 Å². The molecular weight excluding hydrogens is 174 g/mol. The Balaban J connectivity index is 2.75. The van der Waals surface area contributed by atoms with Crippen molar-refractivity contribution in [3.8, 4) is 0 Å². The van der Waals surface area contributed by atoms with Gasteiger partial charge in [-0.05, 0) is 24.6 Å². The van der Waals surface area contributed by atoms with Crippen molar-refractivity contribution in [2.75, 3.05) is 5.32 Å². The number of benzene rings is 1. The molecule has 1 aromatic carbocycles. The molecule has 1 N–H and O–H groups in total. The van der Waals surface area contributed by atoms with Gasteiger partial charge in [0.1, 0.15) is 0 Å².